The molecule has 1 heteroatoms. The predicted molar refractivity (Wildman–Crippen MR) is 65.0 cm³/mol. The van der Waals surface area contributed by atoms with E-state index >= 15 is 0 Å². The molecule has 0 amide bonds. The molecular formula is C13H13P. The van der Waals surface area contributed by atoms with Crippen LogP contribution in [0.1, 0.15) is 5.56 Å². The fourth-order valence-electron chi connectivity index (χ4n) is 2.35. The number of aryl methyl sites for hydroxylation is 1. The van der Waals surface area contributed by atoms with Gasteiger partial charge in [-0.2, -0.15) is 0 Å². The maximum Gasteiger partial charge on any atom is -0.0104 e. The van der Waals surface area contributed by atoms with Crippen molar-refractivity contribution in [2.75, 3.05) is 12.8 Å². The second-order valence-electron chi connectivity index (χ2n) is 3.97. The zero-order valence-electron chi connectivity index (χ0n) is 8.33. The van der Waals surface area contributed by atoms with Crippen LogP contribution in [0.15, 0.2) is 36.4 Å². The molecule has 0 nitrogen and oxygen atoms in total. The molecule has 1 aliphatic heterocycles. The lowest BCUT2D eigenvalue weighted by atomic mass is 10.1. The third kappa shape index (κ3) is 1.11. The van der Waals surface area contributed by atoms with Crippen LogP contribution in [0.3, 0.4) is 0 Å². The second-order valence-corrected chi connectivity index (χ2v) is 6.26. The number of rotatable bonds is 0. The number of benzene rings is 2. The number of fused-ring (bicyclic) bond motifs is 3. The molecular weight excluding hydrogens is 187 g/mol. The van der Waals surface area contributed by atoms with E-state index in [9.17, 15) is 0 Å². The molecule has 0 aliphatic carbocycles. The highest BCUT2D eigenvalue weighted by molar-refractivity contribution is 7.66. The standard InChI is InChI=1S/C13H13P/c1-14-9-8-11-7-6-10-4-2-3-5-12(10)13(11)14/h2-7H,8-9H2,1H3. The summed E-state index contributed by atoms with van der Waals surface area (Å²) in [5, 5.41) is 4.57. The third-order valence-electron chi connectivity index (χ3n) is 3.08. The zero-order valence-corrected chi connectivity index (χ0v) is 9.22. The summed E-state index contributed by atoms with van der Waals surface area (Å²) in [5.41, 5.74) is 1.59. The maximum absolute atomic E-state index is 2.41. The first-order valence-electron chi connectivity index (χ1n) is 5.08. The summed E-state index contributed by atoms with van der Waals surface area (Å²) in [6, 6.07) is 13.4. The molecule has 0 aromatic heterocycles. The molecule has 0 fully saturated rings. The van der Waals surface area contributed by atoms with Crippen LogP contribution >= 0.6 is 7.92 Å². The average molecular weight is 200 g/mol. The first-order chi connectivity index (χ1) is 6.86. The van der Waals surface area contributed by atoms with Crippen molar-refractivity contribution in [3.8, 4) is 0 Å². The monoisotopic (exact) mass is 200 g/mol. The van der Waals surface area contributed by atoms with Gasteiger partial charge in [0.2, 0.25) is 0 Å². The Morgan fingerprint density at radius 1 is 1.07 bits per heavy atom. The highest BCUT2D eigenvalue weighted by Gasteiger charge is 2.19. The van der Waals surface area contributed by atoms with E-state index in [1.165, 1.54) is 23.4 Å². The van der Waals surface area contributed by atoms with E-state index in [-0.39, 0.29) is 7.92 Å². The molecule has 1 unspecified atom stereocenters. The Hall–Kier alpha value is -0.870. The summed E-state index contributed by atoms with van der Waals surface area (Å²) in [4.78, 5) is 0. The van der Waals surface area contributed by atoms with Crippen LogP contribution in [0.4, 0.5) is 0 Å². The van der Waals surface area contributed by atoms with Crippen molar-refractivity contribution in [2.24, 2.45) is 0 Å². The molecule has 2 aromatic carbocycles. The van der Waals surface area contributed by atoms with E-state index < -0.39 is 0 Å². The van der Waals surface area contributed by atoms with E-state index in [1.807, 2.05) is 0 Å². The minimum atomic E-state index is 0.119. The molecule has 0 bridgehead atoms. The number of hydrogen-bond donors (Lipinski definition) is 0. The Morgan fingerprint density at radius 2 is 1.93 bits per heavy atom. The van der Waals surface area contributed by atoms with Crippen LogP contribution in [0, 0.1) is 0 Å². The molecule has 0 saturated heterocycles. The minimum absolute atomic E-state index is 0.119. The fourth-order valence-corrected chi connectivity index (χ4v) is 4.44. The Morgan fingerprint density at radius 3 is 2.86 bits per heavy atom. The predicted octanol–water partition coefficient (Wildman–Crippen LogP) is 3.13. The van der Waals surface area contributed by atoms with E-state index in [0.717, 1.165) is 0 Å². The minimum Gasteiger partial charge on any atom is -0.0772 e. The van der Waals surface area contributed by atoms with Crippen molar-refractivity contribution in [1.29, 1.82) is 0 Å². The van der Waals surface area contributed by atoms with Crippen LogP contribution in [-0.4, -0.2) is 12.8 Å². The van der Waals surface area contributed by atoms with Gasteiger partial charge in [0.1, 0.15) is 0 Å². The highest BCUT2D eigenvalue weighted by Crippen LogP contribution is 2.40. The van der Waals surface area contributed by atoms with Crippen molar-refractivity contribution in [3.05, 3.63) is 42.0 Å². The smallest absolute Gasteiger partial charge is 0.0104 e. The van der Waals surface area contributed by atoms with Gasteiger partial charge in [-0.15, -0.1) is 0 Å². The summed E-state index contributed by atoms with van der Waals surface area (Å²) < 4.78 is 0. The summed E-state index contributed by atoms with van der Waals surface area (Å²) in [5.74, 6) is 0. The van der Waals surface area contributed by atoms with Crippen LogP contribution in [0.5, 0.6) is 0 Å². The lowest BCUT2D eigenvalue weighted by Crippen LogP contribution is -2.01. The quantitative estimate of drug-likeness (QED) is 0.573. The van der Waals surface area contributed by atoms with Crippen molar-refractivity contribution >= 4 is 24.0 Å². The Kier molecular flexibility index (Phi) is 1.85. The molecule has 14 heavy (non-hydrogen) atoms. The first kappa shape index (κ1) is 8.44. The van der Waals surface area contributed by atoms with E-state index in [2.05, 4.69) is 43.1 Å². The van der Waals surface area contributed by atoms with Crippen LogP contribution < -0.4 is 5.30 Å². The van der Waals surface area contributed by atoms with Gasteiger partial charge in [-0.1, -0.05) is 44.3 Å². The third-order valence-corrected chi connectivity index (χ3v) is 5.27. The first-order valence-corrected chi connectivity index (χ1v) is 7.05. The van der Waals surface area contributed by atoms with Crippen LogP contribution in [0.25, 0.3) is 10.8 Å². The molecule has 0 radical (unpaired) electrons. The van der Waals surface area contributed by atoms with Gasteiger partial charge >= 0.3 is 0 Å². The Labute approximate surface area is 85.7 Å². The van der Waals surface area contributed by atoms with Crippen molar-refractivity contribution in [3.63, 3.8) is 0 Å². The molecule has 1 atom stereocenters. The lowest BCUT2D eigenvalue weighted by molar-refractivity contribution is 1.20. The van der Waals surface area contributed by atoms with Gasteiger partial charge in [0.15, 0.2) is 0 Å². The molecule has 0 saturated carbocycles. The normalized spacial score (nSPS) is 19.9. The second kappa shape index (κ2) is 3.07. The molecule has 0 spiro atoms. The molecule has 2 aromatic rings. The van der Waals surface area contributed by atoms with Gasteiger partial charge in [-0.05, 0) is 40.9 Å². The summed E-state index contributed by atoms with van der Waals surface area (Å²) in [6.45, 7) is 2.41. The van der Waals surface area contributed by atoms with E-state index in [1.54, 1.807) is 10.9 Å². The van der Waals surface area contributed by atoms with Gasteiger partial charge in [-0.25, -0.2) is 0 Å². The average Bonchev–Trinajstić information content (AvgIpc) is 2.61. The van der Waals surface area contributed by atoms with Gasteiger partial charge < -0.3 is 0 Å². The molecule has 1 aliphatic rings. The maximum atomic E-state index is 2.41. The van der Waals surface area contributed by atoms with Gasteiger partial charge in [-0.3, -0.25) is 0 Å². The largest absolute Gasteiger partial charge is 0.0772 e. The zero-order chi connectivity index (χ0) is 9.54. The lowest BCUT2D eigenvalue weighted by Gasteiger charge is -2.09. The van der Waals surface area contributed by atoms with Gasteiger partial charge in [0.25, 0.3) is 0 Å². The summed E-state index contributed by atoms with van der Waals surface area (Å²) >= 11 is 0. The Bertz CT molecular complexity index is 488. The van der Waals surface area contributed by atoms with Crippen molar-refractivity contribution in [1.82, 2.24) is 0 Å². The molecule has 0 N–H and O–H groups in total. The fraction of sp³-hybridized carbons (Fsp3) is 0.231. The summed E-state index contributed by atoms with van der Waals surface area (Å²) in [6.07, 6.45) is 2.68. The van der Waals surface area contributed by atoms with Gasteiger partial charge in [0.05, 0.1) is 0 Å². The highest BCUT2D eigenvalue weighted by atomic mass is 31.1. The SMILES string of the molecule is CP1CCc2ccc3ccccc3c21. The van der Waals surface area contributed by atoms with E-state index in [0.29, 0.717) is 0 Å². The topological polar surface area (TPSA) is 0 Å². The van der Waals surface area contributed by atoms with Crippen LogP contribution in [-0.2, 0) is 6.42 Å². The molecule has 70 valence electrons. The summed E-state index contributed by atoms with van der Waals surface area (Å²) in [7, 11) is 0.119. The molecule has 1 heterocycles. The van der Waals surface area contributed by atoms with Gasteiger partial charge in [0, 0.05) is 0 Å². The van der Waals surface area contributed by atoms with Crippen LogP contribution in [0.2, 0.25) is 0 Å². The molecule has 3 rings (SSSR count). The Balaban J connectivity index is 2.41. The van der Waals surface area contributed by atoms with Crippen molar-refractivity contribution < 1.29 is 0 Å². The van der Waals surface area contributed by atoms with Crippen molar-refractivity contribution in [2.45, 2.75) is 6.42 Å². The van der Waals surface area contributed by atoms with E-state index in [4.69, 9.17) is 0 Å². The number of hydrogen-bond acceptors (Lipinski definition) is 0.